The fraction of sp³-hybridized carbons (Fsp3) is 0.300. The van der Waals surface area contributed by atoms with Crippen LogP contribution in [0.15, 0.2) is 72.9 Å². The topological polar surface area (TPSA) is 123 Å². The van der Waals surface area contributed by atoms with E-state index < -0.39 is 35.5 Å². The number of hydrogen-bond acceptors (Lipinski definition) is 6. The fourth-order valence-corrected chi connectivity index (χ4v) is 5.34. The highest BCUT2D eigenvalue weighted by Gasteiger charge is 2.61. The van der Waals surface area contributed by atoms with Crippen molar-refractivity contribution in [2.45, 2.75) is 44.8 Å². The Balaban J connectivity index is 1.43. The molecule has 1 aromatic heterocycles. The van der Waals surface area contributed by atoms with Crippen LogP contribution in [0.3, 0.4) is 0 Å². The predicted molar refractivity (Wildman–Crippen MR) is 148 cm³/mol. The van der Waals surface area contributed by atoms with Gasteiger partial charge in [-0.15, -0.1) is 0 Å². The largest absolute Gasteiger partial charge is 0.480 e. The molecule has 10 heteroatoms. The quantitative estimate of drug-likeness (QED) is 0.452. The van der Waals surface area contributed by atoms with Crippen molar-refractivity contribution < 1.29 is 24.3 Å². The number of carboxylic acids is 1. The van der Waals surface area contributed by atoms with Crippen LogP contribution in [0.25, 0.3) is 11.1 Å². The molecule has 0 radical (unpaired) electrons. The Morgan fingerprint density at radius 1 is 0.975 bits per heavy atom. The summed E-state index contributed by atoms with van der Waals surface area (Å²) in [5, 5.41) is 11.7. The number of carbonyl (C=O) groups is 4. The molecule has 1 spiro atoms. The third kappa shape index (κ3) is 4.93. The van der Waals surface area contributed by atoms with Gasteiger partial charge in [0.25, 0.3) is 5.91 Å². The molecule has 10 nitrogen and oxygen atoms in total. The summed E-state index contributed by atoms with van der Waals surface area (Å²) in [5.74, 6) is -1.73. The molecule has 0 saturated carbocycles. The van der Waals surface area contributed by atoms with Gasteiger partial charge >= 0.3 is 18.0 Å². The number of rotatable bonds is 6. The normalized spacial score (nSPS) is 17.8. The number of pyridine rings is 1. The second-order valence-corrected chi connectivity index (χ2v) is 10.3. The molecule has 2 aliphatic heterocycles. The SMILES string of the molecule is Cc1cccnc1CN1CCC2(CC1)C(=O)N(c1ccc(-c3ccccc3)cc1)C(=O)N2C(=O)N[C@H](C)C(=O)O. The molecule has 2 N–H and O–H groups in total. The third-order valence-corrected chi connectivity index (χ3v) is 7.73. The number of urea groups is 2. The van der Waals surface area contributed by atoms with Crippen molar-refractivity contribution in [2.24, 2.45) is 0 Å². The molecule has 1 atom stereocenters. The lowest BCUT2D eigenvalue weighted by Gasteiger charge is -2.41. The van der Waals surface area contributed by atoms with Crippen LogP contribution in [0.4, 0.5) is 15.3 Å². The summed E-state index contributed by atoms with van der Waals surface area (Å²) in [6.45, 7) is 4.79. The van der Waals surface area contributed by atoms with E-state index in [2.05, 4.69) is 15.2 Å². The van der Waals surface area contributed by atoms with Crippen molar-refractivity contribution in [3.63, 3.8) is 0 Å². The molecular weight excluding hydrogens is 510 g/mol. The van der Waals surface area contributed by atoms with Gasteiger partial charge in [0.05, 0.1) is 11.4 Å². The van der Waals surface area contributed by atoms with Gasteiger partial charge < -0.3 is 10.4 Å². The van der Waals surface area contributed by atoms with Crippen molar-refractivity contribution in [1.82, 2.24) is 20.1 Å². The summed E-state index contributed by atoms with van der Waals surface area (Å²) in [6.07, 6.45) is 2.18. The van der Waals surface area contributed by atoms with Crippen molar-refractivity contribution in [1.29, 1.82) is 0 Å². The number of likely N-dealkylation sites (tertiary alicyclic amines) is 1. The van der Waals surface area contributed by atoms with Gasteiger partial charge in [-0.25, -0.2) is 19.4 Å². The van der Waals surface area contributed by atoms with E-state index in [1.165, 1.54) is 6.92 Å². The average Bonchev–Trinajstić information content (AvgIpc) is 3.17. The number of carbonyl (C=O) groups excluding carboxylic acids is 3. The van der Waals surface area contributed by atoms with E-state index in [1.807, 2.05) is 61.5 Å². The number of benzene rings is 2. The van der Waals surface area contributed by atoms with Crippen molar-refractivity contribution in [3.8, 4) is 11.1 Å². The first-order valence-corrected chi connectivity index (χ1v) is 13.2. The van der Waals surface area contributed by atoms with E-state index in [9.17, 15) is 24.3 Å². The zero-order valence-corrected chi connectivity index (χ0v) is 22.4. The average molecular weight is 542 g/mol. The second kappa shape index (κ2) is 10.9. The van der Waals surface area contributed by atoms with Gasteiger partial charge in [-0.2, -0.15) is 0 Å². The lowest BCUT2D eigenvalue weighted by Crippen LogP contribution is -2.61. The van der Waals surface area contributed by atoms with Crippen molar-refractivity contribution in [2.75, 3.05) is 18.0 Å². The number of nitrogens with zero attached hydrogens (tertiary/aromatic N) is 4. The Kier molecular flexibility index (Phi) is 7.36. The maximum absolute atomic E-state index is 14.0. The number of anilines is 1. The first-order valence-electron chi connectivity index (χ1n) is 13.2. The minimum absolute atomic E-state index is 0.219. The van der Waals surface area contributed by atoms with Crippen LogP contribution in [0.5, 0.6) is 0 Å². The molecule has 3 heterocycles. The molecule has 206 valence electrons. The Morgan fingerprint density at radius 3 is 2.25 bits per heavy atom. The number of carboxylic acid groups (broad SMARTS) is 1. The minimum Gasteiger partial charge on any atom is -0.480 e. The smallest absolute Gasteiger partial charge is 0.340 e. The number of aliphatic carboxylic acids is 1. The minimum atomic E-state index is -1.42. The van der Waals surface area contributed by atoms with Gasteiger partial charge in [0, 0.05) is 25.8 Å². The fourth-order valence-electron chi connectivity index (χ4n) is 5.34. The van der Waals surface area contributed by atoms with Gasteiger partial charge in [-0.05, 0) is 61.6 Å². The molecule has 0 bridgehead atoms. The first kappa shape index (κ1) is 27.0. The summed E-state index contributed by atoms with van der Waals surface area (Å²) < 4.78 is 0. The molecular formula is C30H31N5O5. The Hall–Kier alpha value is -4.57. The Labute approximate surface area is 232 Å². The molecule has 40 heavy (non-hydrogen) atoms. The molecule has 0 unspecified atom stereocenters. The number of nitrogens with one attached hydrogen (secondary N) is 1. The van der Waals surface area contributed by atoms with Crippen LogP contribution >= 0.6 is 0 Å². The van der Waals surface area contributed by atoms with E-state index in [0.717, 1.165) is 32.2 Å². The summed E-state index contributed by atoms with van der Waals surface area (Å²) in [6, 6.07) is 17.7. The van der Waals surface area contributed by atoms with Gasteiger partial charge in [0.2, 0.25) is 0 Å². The molecule has 3 aromatic rings. The number of aromatic nitrogens is 1. The maximum Gasteiger partial charge on any atom is 0.340 e. The summed E-state index contributed by atoms with van der Waals surface area (Å²) >= 11 is 0. The molecule has 2 saturated heterocycles. The van der Waals surface area contributed by atoms with E-state index in [4.69, 9.17) is 0 Å². The summed E-state index contributed by atoms with van der Waals surface area (Å²) in [5.41, 5.74) is 2.82. The van der Waals surface area contributed by atoms with Gasteiger partial charge in [0.1, 0.15) is 11.6 Å². The van der Waals surface area contributed by atoms with E-state index in [-0.39, 0.29) is 12.8 Å². The Morgan fingerprint density at radius 2 is 1.62 bits per heavy atom. The number of aryl methyl sites for hydroxylation is 1. The van der Waals surface area contributed by atoms with Crippen LogP contribution < -0.4 is 10.2 Å². The highest BCUT2D eigenvalue weighted by atomic mass is 16.4. The van der Waals surface area contributed by atoms with E-state index in [1.54, 1.807) is 18.3 Å². The van der Waals surface area contributed by atoms with Crippen LogP contribution in [-0.2, 0) is 16.1 Å². The van der Waals surface area contributed by atoms with Crippen LogP contribution in [0, 0.1) is 6.92 Å². The van der Waals surface area contributed by atoms with E-state index in [0.29, 0.717) is 25.3 Å². The molecule has 5 rings (SSSR count). The molecule has 2 aromatic carbocycles. The van der Waals surface area contributed by atoms with Crippen LogP contribution in [0.2, 0.25) is 0 Å². The number of imide groups is 2. The van der Waals surface area contributed by atoms with E-state index >= 15 is 0 Å². The predicted octanol–water partition coefficient (Wildman–Crippen LogP) is 4.04. The standard InChI is InChI=1S/C30H31N5O5/c1-20-7-6-16-31-25(20)19-33-17-14-30(15-18-33)27(38)34(29(40)35(30)28(39)32-21(2)26(36)37)24-12-10-23(11-13-24)22-8-4-3-5-9-22/h3-13,16,21H,14-15,17-19H2,1-2H3,(H,32,39)(H,36,37)/t21-/m1/s1. The number of piperidine rings is 1. The second-order valence-electron chi connectivity index (χ2n) is 10.3. The van der Waals surface area contributed by atoms with Crippen LogP contribution in [-0.4, -0.2) is 68.5 Å². The van der Waals surface area contributed by atoms with Crippen molar-refractivity contribution >= 4 is 29.6 Å². The summed E-state index contributed by atoms with van der Waals surface area (Å²) in [4.78, 5) is 61.2. The lowest BCUT2D eigenvalue weighted by molar-refractivity contribution is -0.138. The highest BCUT2D eigenvalue weighted by molar-refractivity contribution is 6.27. The number of amides is 5. The highest BCUT2D eigenvalue weighted by Crippen LogP contribution is 2.40. The first-order chi connectivity index (χ1) is 19.2. The zero-order valence-electron chi connectivity index (χ0n) is 22.4. The summed E-state index contributed by atoms with van der Waals surface area (Å²) in [7, 11) is 0. The molecule has 2 fully saturated rings. The monoisotopic (exact) mass is 541 g/mol. The zero-order chi connectivity index (χ0) is 28.4. The lowest BCUT2D eigenvalue weighted by atomic mass is 9.85. The molecule has 0 aliphatic carbocycles. The van der Waals surface area contributed by atoms with Crippen LogP contribution in [0.1, 0.15) is 31.0 Å². The van der Waals surface area contributed by atoms with Gasteiger partial charge in [-0.3, -0.25) is 19.5 Å². The molecule has 5 amide bonds. The maximum atomic E-state index is 14.0. The van der Waals surface area contributed by atoms with Crippen molar-refractivity contribution in [3.05, 3.63) is 84.2 Å². The molecule has 2 aliphatic rings. The van der Waals surface area contributed by atoms with Gasteiger partial charge in [0.15, 0.2) is 0 Å². The third-order valence-electron chi connectivity index (χ3n) is 7.73. The Bertz CT molecular complexity index is 1430. The van der Waals surface area contributed by atoms with Gasteiger partial charge in [-0.1, -0.05) is 48.5 Å². The number of hydrogen-bond donors (Lipinski definition) is 2.